The van der Waals surface area contributed by atoms with E-state index in [0.29, 0.717) is 0 Å². The summed E-state index contributed by atoms with van der Waals surface area (Å²) in [5.41, 5.74) is 1.97. The van der Waals surface area contributed by atoms with Crippen LogP contribution < -0.4 is 5.32 Å². The van der Waals surface area contributed by atoms with Gasteiger partial charge in [0.05, 0.1) is 0 Å². The van der Waals surface area contributed by atoms with Crippen molar-refractivity contribution in [2.24, 2.45) is 5.92 Å². The Bertz CT molecular complexity index is 352. The summed E-state index contributed by atoms with van der Waals surface area (Å²) in [5, 5.41) is 2.85. The van der Waals surface area contributed by atoms with Gasteiger partial charge in [0.1, 0.15) is 0 Å². The lowest BCUT2D eigenvalue weighted by Crippen LogP contribution is -2.25. The Labute approximate surface area is 91.0 Å². The summed E-state index contributed by atoms with van der Waals surface area (Å²) in [6.45, 7) is 5.66. The van der Waals surface area contributed by atoms with Crippen molar-refractivity contribution in [3.05, 3.63) is 41.6 Å². The van der Waals surface area contributed by atoms with Gasteiger partial charge in [-0.15, -0.1) is 0 Å². The zero-order chi connectivity index (χ0) is 11.3. The number of carbonyl (C=O) groups is 1. The number of nitrogens with one attached hydrogen (secondary N) is 1. The molecule has 0 saturated carbocycles. The highest BCUT2D eigenvalue weighted by atomic mass is 16.1. The third kappa shape index (κ3) is 3.98. The first-order valence-corrected chi connectivity index (χ1v) is 5.14. The molecule has 80 valence electrons. The van der Waals surface area contributed by atoms with Crippen molar-refractivity contribution in [2.45, 2.75) is 20.8 Å². The van der Waals surface area contributed by atoms with Gasteiger partial charge in [-0.2, -0.15) is 0 Å². The summed E-state index contributed by atoms with van der Waals surface area (Å²) < 4.78 is 0. The second-order valence-corrected chi connectivity index (χ2v) is 3.88. The molecular formula is C13H17NO. The van der Waals surface area contributed by atoms with E-state index in [1.165, 1.54) is 0 Å². The number of carbonyl (C=O) groups excluding carboxylic acids is 1. The van der Waals surface area contributed by atoms with E-state index in [9.17, 15) is 4.79 Å². The summed E-state index contributed by atoms with van der Waals surface area (Å²) in [6.07, 6.45) is 1.96. The van der Waals surface area contributed by atoms with Gasteiger partial charge in [-0.3, -0.25) is 4.79 Å². The molecule has 0 spiro atoms. The van der Waals surface area contributed by atoms with Gasteiger partial charge in [0, 0.05) is 11.6 Å². The highest BCUT2D eigenvalue weighted by Crippen LogP contribution is 2.04. The smallest absolute Gasteiger partial charge is 0.226 e. The van der Waals surface area contributed by atoms with Crippen LogP contribution in [0.4, 0.5) is 0 Å². The van der Waals surface area contributed by atoms with Crippen LogP contribution in [0.2, 0.25) is 0 Å². The minimum absolute atomic E-state index is 0.0177. The molecule has 0 fully saturated rings. The van der Waals surface area contributed by atoms with E-state index in [1.54, 1.807) is 0 Å². The molecule has 0 aliphatic carbocycles. The van der Waals surface area contributed by atoms with Crippen LogP contribution >= 0.6 is 0 Å². The summed E-state index contributed by atoms with van der Waals surface area (Å²) in [6, 6.07) is 9.93. The Morgan fingerprint density at radius 1 is 1.27 bits per heavy atom. The average molecular weight is 203 g/mol. The highest BCUT2D eigenvalue weighted by molar-refractivity contribution is 5.80. The third-order valence-corrected chi connectivity index (χ3v) is 2.03. The fourth-order valence-corrected chi connectivity index (χ4v) is 1.17. The van der Waals surface area contributed by atoms with Crippen molar-refractivity contribution in [1.82, 2.24) is 5.32 Å². The molecule has 0 bridgehead atoms. The van der Waals surface area contributed by atoms with Gasteiger partial charge in [-0.1, -0.05) is 44.2 Å². The molecule has 2 heteroatoms. The van der Waals surface area contributed by atoms with Gasteiger partial charge < -0.3 is 5.32 Å². The van der Waals surface area contributed by atoms with Gasteiger partial charge in [-0.05, 0) is 18.6 Å². The number of rotatable bonds is 3. The predicted molar refractivity (Wildman–Crippen MR) is 63.1 cm³/mol. The first-order valence-electron chi connectivity index (χ1n) is 5.14. The molecule has 1 rings (SSSR count). The van der Waals surface area contributed by atoms with E-state index in [4.69, 9.17) is 0 Å². The number of allylic oxidation sites excluding steroid dienone is 1. The topological polar surface area (TPSA) is 29.1 Å². The molecule has 0 heterocycles. The largest absolute Gasteiger partial charge is 0.330 e. The molecule has 1 aromatic rings. The van der Waals surface area contributed by atoms with Crippen LogP contribution in [0, 0.1) is 5.92 Å². The van der Waals surface area contributed by atoms with Gasteiger partial charge in [0.2, 0.25) is 5.91 Å². The van der Waals surface area contributed by atoms with Crippen LogP contribution in [0.5, 0.6) is 0 Å². The van der Waals surface area contributed by atoms with Crippen LogP contribution in [0.15, 0.2) is 36.0 Å². The quantitative estimate of drug-likeness (QED) is 0.804. The molecule has 0 atom stereocenters. The van der Waals surface area contributed by atoms with Crippen LogP contribution in [-0.2, 0) is 4.79 Å². The maximum atomic E-state index is 11.4. The molecule has 15 heavy (non-hydrogen) atoms. The molecule has 1 aromatic carbocycles. The van der Waals surface area contributed by atoms with Crippen LogP contribution in [0.25, 0.3) is 6.08 Å². The zero-order valence-electron chi connectivity index (χ0n) is 9.45. The summed E-state index contributed by atoms with van der Waals surface area (Å²) in [5.74, 6) is 0.0730. The monoisotopic (exact) mass is 203 g/mol. The Morgan fingerprint density at radius 2 is 1.87 bits per heavy atom. The molecule has 0 aliphatic heterocycles. The molecule has 0 aliphatic rings. The summed E-state index contributed by atoms with van der Waals surface area (Å²) in [4.78, 5) is 11.4. The van der Waals surface area contributed by atoms with Crippen molar-refractivity contribution in [3.63, 3.8) is 0 Å². The average Bonchev–Trinajstić information content (AvgIpc) is 2.18. The SMILES string of the molecule is C/C(=C/c1ccccc1)NC(=O)C(C)C. The molecular weight excluding hydrogens is 186 g/mol. The van der Waals surface area contributed by atoms with E-state index >= 15 is 0 Å². The van der Waals surface area contributed by atoms with Crippen LogP contribution in [-0.4, -0.2) is 5.91 Å². The van der Waals surface area contributed by atoms with E-state index in [-0.39, 0.29) is 11.8 Å². The molecule has 0 aromatic heterocycles. The fourth-order valence-electron chi connectivity index (χ4n) is 1.17. The summed E-state index contributed by atoms with van der Waals surface area (Å²) in [7, 11) is 0. The second kappa shape index (κ2) is 5.35. The molecule has 0 unspecified atom stereocenters. The van der Waals surface area contributed by atoms with E-state index in [2.05, 4.69) is 5.32 Å². The lowest BCUT2D eigenvalue weighted by Gasteiger charge is -2.07. The first-order chi connectivity index (χ1) is 7.09. The van der Waals surface area contributed by atoms with E-state index in [1.807, 2.05) is 57.2 Å². The third-order valence-electron chi connectivity index (χ3n) is 2.03. The van der Waals surface area contributed by atoms with Crippen molar-refractivity contribution in [2.75, 3.05) is 0 Å². The predicted octanol–water partition coefficient (Wildman–Crippen LogP) is 2.82. The van der Waals surface area contributed by atoms with Gasteiger partial charge >= 0.3 is 0 Å². The highest BCUT2D eigenvalue weighted by Gasteiger charge is 2.05. The number of hydrogen-bond donors (Lipinski definition) is 1. The number of benzene rings is 1. The molecule has 2 nitrogen and oxygen atoms in total. The normalized spacial score (nSPS) is 11.6. The van der Waals surface area contributed by atoms with Gasteiger partial charge in [0.15, 0.2) is 0 Å². The Balaban J connectivity index is 2.65. The lowest BCUT2D eigenvalue weighted by molar-refractivity contribution is -0.123. The van der Waals surface area contributed by atoms with Crippen molar-refractivity contribution in [3.8, 4) is 0 Å². The van der Waals surface area contributed by atoms with E-state index in [0.717, 1.165) is 11.3 Å². The van der Waals surface area contributed by atoms with Gasteiger partial charge in [0.25, 0.3) is 0 Å². The molecule has 1 amide bonds. The minimum Gasteiger partial charge on any atom is -0.330 e. The Hall–Kier alpha value is -1.57. The fraction of sp³-hybridized carbons (Fsp3) is 0.308. The number of hydrogen-bond acceptors (Lipinski definition) is 1. The van der Waals surface area contributed by atoms with Crippen molar-refractivity contribution < 1.29 is 4.79 Å². The Kier molecular flexibility index (Phi) is 4.10. The first kappa shape index (κ1) is 11.5. The molecule has 0 radical (unpaired) electrons. The van der Waals surface area contributed by atoms with Crippen molar-refractivity contribution >= 4 is 12.0 Å². The van der Waals surface area contributed by atoms with Crippen LogP contribution in [0.3, 0.4) is 0 Å². The maximum absolute atomic E-state index is 11.4. The molecule has 1 N–H and O–H groups in total. The van der Waals surface area contributed by atoms with Crippen LogP contribution in [0.1, 0.15) is 26.3 Å². The minimum atomic E-state index is 0.0177. The standard InChI is InChI=1S/C13H17NO/c1-10(2)13(15)14-11(3)9-12-7-5-4-6-8-12/h4-10H,1-3H3,(H,14,15)/b11-9-. The summed E-state index contributed by atoms with van der Waals surface area (Å²) >= 11 is 0. The van der Waals surface area contributed by atoms with Gasteiger partial charge in [-0.25, -0.2) is 0 Å². The maximum Gasteiger partial charge on any atom is 0.226 e. The molecule has 0 saturated heterocycles. The second-order valence-electron chi connectivity index (χ2n) is 3.88. The van der Waals surface area contributed by atoms with E-state index < -0.39 is 0 Å². The van der Waals surface area contributed by atoms with Crippen molar-refractivity contribution in [1.29, 1.82) is 0 Å². The zero-order valence-corrected chi connectivity index (χ0v) is 9.45. The Morgan fingerprint density at radius 3 is 2.40 bits per heavy atom. The lowest BCUT2D eigenvalue weighted by atomic mass is 10.2. The number of amides is 1.